The zero-order valence-corrected chi connectivity index (χ0v) is 14.7. The number of hydrogen-bond donors (Lipinski definition) is 1. The highest BCUT2D eigenvalue weighted by molar-refractivity contribution is 6.32. The number of benzene rings is 2. The molecule has 0 aliphatic carbocycles. The van der Waals surface area contributed by atoms with E-state index >= 15 is 0 Å². The average Bonchev–Trinajstić information content (AvgIpc) is 2.64. The smallest absolute Gasteiger partial charge is 0.409 e. The predicted octanol–water partition coefficient (Wildman–Crippen LogP) is 5.42. The first-order valence-corrected chi connectivity index (χ1v) is 8.47. The monoisotopic (exact) mass is 398 g/mol. The van der Waals surface area contributed by atoms with E-state index in [1.54, 1.807) is 18.2 Å². The van der Waals surface area contributed by atoms with Crippen molar-refractivity contribution in [3.8, 4) is 0 Å². The number of amidine groups is 1. The maximum Gasteiger partial charge on any atom is 0.417 e. The lowest BCUT2D eigenvalue weighted by molar-refractivity contribution is -0.138. The molecule has 3 nitrogen and oxygen atoms in total. The summed E-state index contributed by atoms with van der Waals surface area (Å²) >= 11 is 6.18. The zero-order chi connectivity index (χ0) is 19.6. The van der Waals surface area contributed by atoms with Gasteiger partial charge < -0.3 is 10.1 Å². The van der Waals surface area contributed by atoms with Crippen molar-refractivity contribution in [1.29, 1.82) is 0 Å². The fourth-order valence-electron chi connectivity index (χ4n) is 3.09. The topological polar surface area (TPSA) is 35.8 Å². The lowest BCUT2D eigenvalue weighted by Gasteiger charge is -2.30. The van der Waals surface area contributed by atoms with Crippen molar-refractivity contribution in [2.45, 2.75) is 12.6 Å². The van der Waals surface area contributed by atoms with Crippen molar-refractivity contribution < 1.29 is 22.8 Å². The van der Waals surface area contributed by atoms with Crippen LogP contribution in [0, 0.1) is 5.82 Å². The van der Waals surface area contributed by atoms with Crippen molar-refractivity contribution >= 4 is 23.0 Å². The maximum atomic E-state index is 14.2. The van der Waals surface area contributed by atoms with Gasteiger partial charge in [0.2, 0.25) is 0 Å². The van der Waals surface area contributed by atoms with Gasteiger partial charge >= 0.3 is 6.18 Å². The predicted molar refractivity (Wildman–Crippen MR) is 95.3 cm³/mol. The molecule has 0 spiro atoms. The molecule has 0 bridgehead atoms. The second-order valence-corrected chi connectivity index (χ2v) is 6.40. The van der Waals surface area contributed by atoms with Gasteiger partial charge in [0, 0.05) is 18.1 Å². The number of halogens is 5. The fourth-order valence-corrected chi connectivity index (χ4v) is 3.34. The Labute approximate surface area is 158 Å². The van der Waals surface area contributed by atoms with E-state index in [9.17, 15) is 22.8 Å². The largest absolute Gasteiger partial charge is 0.417 e. The van der Waals surface area contributed by atoms with Crippen LogP contribution in [0.2, 0.25) is 5.02 Å². The molecule has 142 valence electrons. The summed E-state index contributed by atoms with van der Waals surface area (Å²) in [6, 6.07) is 9.88. The van der Waals surface area contributed by atoms with E-state index in [-0.39, 0.29) is 13.1 Å². The molecule has 0 atom stereocenters. The highest BCUT2D eigenvalue weighted by atomic mass is 35.5. The van der Waals surface area contributed by atoms with Crippen LogP contribution in [0.4, 0.5) is 17.6 Å². The van der Waals surface area contributed by atoms with Gasteiger partial charge in [0.05, 0.1) is 11.1 Å². The van der Waals surface area contributed by atoms with Crippen LogP contribution in [0.1, 0.15) is 23.1 Å². The van der Waals surface area contributed by atoms with E-state index in [0.717, 1.165) is 29.3 Å². The number of oxime groups is 1. The Morgan fingerprint density at radius 2 is 1.85 bits per heavy atom. The minimum absolute atomic E-state index is 0.158. The highest BCUT2D eigenvalue weighted by Crippen LogP contribution is 2.35. The van der Waals surface area contributed by atoms with Crippen LogP contribution in [0.3, 0.4) is 0 Å². The Bertz CT molecular complexity index is 909. The van der Waals surface area contributed by atoms with Crippen LogP contribution in [0.5, 0.6) is 0 Å². The summed E-state index contributed by atoms with van der Waals surface area (Å²) in [4.78, 5) is 1.40. The normalized spacial score (nSPS) is 15.7. The molecule has 1 N–H and O–H groups in total. The standard InChI is InChI=1S/C19H15ClF4N2O/c20-15-6-2-1-4-13(15)12-8-10-26(11-9-12)18(25-27)17-14(19(22,23)24)5-3-7-16(17)21/h1-8,27H,9-11H2/b25-18-. The molecule has 1 aliphatic rings. The first-order valence-electron chi connectivity index (χ1n) is 8.10. The molecule has 0 saturated carbocycles. The van der Waals surface area contributed by atoms with Gasteiger partial charge in [0.15, 0.2) is 5.84 Å². The third-order valence-electron chi connectivity index (χ3n) is 4.37. The van der Waals surface area contributed by atoms with Crippen LogP contribution in [-0.4, -0.2) is 29.0 Å². The summed E-state index contributed by atoms with van der Waals surface area (Å²) in [7, 11) is 0. The molecule has 8 heteroatoms. The van der Waals surface area contributed by atoms with Crippen LogP contribution < -0.4 is 0 Å². The molecule has 0 unspecified atom stereocenters. The highest BCUT2D eigenvalue weighted by Gasteiger charge is 2.37. The Balaban J connectivity index is 1.93. The Morgan fingerprint density at radius 1 is 1.11 bits per heavy atom. The second kappa shape index (κ2) is 7.60. The first kappa shape index (κ1) is 19.2. The van der Waals surface area contributed by atoms with E-state index in [4.69, 9.17) is 11.6 Å². The Morgan fingerprint density at radius 3 is 2.44 bits per heavy atom. The number of rotatable bonds is 2. The lowest BCUT2D eigenvalue weighted by atomic mass is 9.98. The molecule has 3 rings (SSSR count). The SMILES string of the molecule is O/N=C(/c1c(F)cccc1C(F)(F)F)N1CC=C(c2ccccc2Cl)CC1. The molecule has 2 aromatic carbocycles. The molecule has 1 heterocycles. The molecule has 0 aromatic heterocycles. The van der Waals surface area contributed by atoms with Gasteiger partial charge in [0.25, 0.3) is 0 Å². The third kappa shape index (κ3) is 3.93. The third-order valence-corrected chi connectivity index (χ3v) is 4.70. The molecular formula is C19H15ClF4N2O. The first-order chi connectivity index (χ1) is 12.8. The van der Waals surface area contributed by atoms with Gasteiger partial charge in [-0.3, -0.25) is 0 Å². The summed E-state index contributed by atoms with van der Waals surface area (Å²) in [5, 5.41) is 12.9. The molecule has 0 amide bonds. The van der Waals surface area contributed by atoms with E-state index in [2.05, 4.69) is 5.16 Å². The maximum absolute atomic E-state index is 14.2. The van der Waals surface area contributed by atoms with Gasteiger partial charge in [-0.25, -0.2) is 4.39 Å². The minimum Gasteiger partial charge on any atom is -0.409 e. The molecular weight excluding hydrogens is 384 g/mol. The quantitative estimate of drug-likeness (QED) is 0.241. The minimum atomic E-state index is -4.78. The lowest BCUT2D eigenvalue weighted by Crippen LogP contribution is -2.37. The van der Waals surface area contributed by atoms with Gasteiger partial charge in [0.1, 0.15) is 5.82 Å². The second-order valence-electron chi connectivity index (χ2n) is 5.99. The van der Waals surface area contributed by atoms with Crippen molar-refractivity contribution in [1.82, 2.24) is 4.90 Å². The van der Waals surface area contributed by atoms with Gasteiger partial charge in [-0.2, -0.15) is 13.2 Å². The molecule has 2 aromatic rings. The zero-order valence-electron chi connectivity index (χ0n) is 14.0. The van der Waals surface area contributed by atoms with E-state index in [1.165, 1.54) is 4.90 Å². The molecule has 27 heavy (non-hydrogen) atoms. The molecule has 0 fully saturated rings. The van der Waals surface area contributed by atoms with Crippen LogP contribution in [0.15, 0.2) is 53.7 Å². The number of hydrogen-bond acceptors (Lipinski definition) is 2. The molecule has 0 saturated heterocycles. The van der Waals surface area contributed by atoms with Crippen LogP contribution >= 0.6 is 11.6 Å². The number of alkyl halides is 3. The van der Waals surface area contributed by atoms with Gasteiger partial charge in [-0.15, -0.1) is 0 Å². The van der Waals surface area contributed by atoms with Crippen LogP contribution in [0.25, 0.3) is 5.57 Å². The fraction of sp³-hybridized carbons (Fsp3) is 0.211. The Kier molecular flexibility index (Phi) is 5.41. The summed E-state index contributed by atoms with van der Waals surface area (Å²) in [5.41, 5.74) is -0.180. The summed E-state index contributed by atoms with van der Waals surface area (Å²) in [6.07, 6.45) is -2.54. The Hall–Kier alpha value is -2.54. The number of nitrogens with zero attached hydrogens (tertiary/aromatic N) is 2. The van der Waals surface area contributed by atoms with E-state index in [0.29, 0.717) is 11.4 Å². The van der Waals surface area contributed by atoms with E-state index in [1.807, 2.05) is 12.1 Å². The van der Waals surface area contributed by atoms with Crippen molar-refractivity contribution in [3.05, 3.63) is 76.1 Å². The van der Waals surface area contributed by atoms with Gasteiger partial charge in [-0.05, 0) is 35.8 Å². The summed E-state index contributed by atoms with van der Waals surface area (Å²) in [6.45, 7) is 0.410. The van der Waals surface area contributed by atoms with Gasteiger partial charge in [-0.1, -0.05) is 47.1 Å². The summed E-state index contributed by atoms with van der Waals surface area (Å²) < 4.78 is 54.0. The average molecular weight is 399 g/mol. The van der Waals surface area contributed by atoms with Crippen LogP contribution in [-0.2, 0) is 6.18 Å². The summed E-state index contributed by atoms with van der Waals surface area (Å²) in [5.74, 6) is -1.55. The van der Waals surface area contributed by atoms with E-state index < -0.39 is 29.0 Å². The van der Waals surface area contributed by atoms with Crippen molar-refractivity contribution in [2.24, 2.45) is 5.16 Å². The van der Waals surface area contributed by atoms with Crippen molar-refractivity contribution in [3.63, 3.8) is 0 Å². The molecule has 0 radical (unpaired) electrons. The molecule has 1 aliphatic heterocycles. The van der Waals surface area contributed by atoms with Crippen molar-refractivity contribution in [2.75, 3.05) is 13.1 Å².